The van der Waals surface area contributed by atoms with Crippen LogP contribution in [0.2, 0.25) is 5.02 Å². The fourth-order valence-corrected chi connectivity index (χ4v) is 5.08. The van der Waals surface area contributed by atoms with E-state index in [9.17, 15) is 30.8 Å². The molecule has 0 aliphatic carbocycles. The van der Waals surface area contributed by atoms with E-state index in [1.807, 2.05) is 0 Å². The van der Waals surface area contributed by atoms with E-state index in [4.69, 9.17) is 11.6 Å². The van der Waals surface area contributed by atoms with Gasteiger partial charge in [-0.2, -0.15) is 17.5 Å². The first kappa shape index (κ1) is 23.5. The first-order chi connectivity index (χ1) is 14.5. The Morgan fingerprint density at radius 2 is 1.77 bits per heavy atom. The van der Waals surface area contributed by atoms with Crippen molar-refractivity contribution in [2.75, 3.05) is 13.1 Å². The van der Waals surface area contributed by atoms with Gasteiger partial charge in [0, 0.05) is 31.1 Å². The highest BCUT2D eigenvalue weighted by molar-refractivity contribution is 7.89. The van der Waals surface area contributed by atoms with Crippen LogP contribution in [0.5, 0.6) is 0 Å². The Bertz CT molecular complexity index is 1070. The van der Waals surface area contributed by atoms with Gasteiger partial charge in [-0.1, -0.05) is 29.8 Å². The Balaban J connectivity index is 1.63. The van der Waals surface area contributed by atoms with E-state index in [0.29, 0.717) is 11.6 Å². The van der Waals surface area contributed by atoms with E-state index < -0.39 is 43.4 Å². The second kappa shape index (κ2) is 9.13. The number of carbonyl (C=O) groups is 1. The van der Waals surface area contributed by atoms with Crippen molar-refractivity contribution in [2.24, 2.45) is 5.92 Å². The lowest BCUT2D eigenvalue weighted by Gasteiger charge is -2.30. The maximum absolute atomic E-state index is 13.6. The van der Waals surface area contributed by atoms with Crippen LogP contribution in [0.4, 0.5) is 17.6 Å². The molecular formula is C20H19ClF4N2O3S. The Kier molecular flexibility index (Phi) is 6.92. The molecule has 11 heteroatoms. The molecule has 2 aromatic carbocycles. The molecule has 31 heavy (non-hydrogen) atoms. The summed E-state index contributed by atoms with van der Waals surface area (Å²) >= 11 is 5.56. The molecule has 1 aliphatic heterocycles. The Morgan fingerprint density at radius 1 is 1.13 bits per heavy atom. The number of sulfonamides is 1. The van der Waals surface area contributed by atoms with Gasteiger partial charge in [0.2, 0.25) is 15.9 Å². The summed E-state index contributed by atoms with van der Waals surface area (Å²) in [6.07, 6.45) is -4.39. The fraction of sp³-hybridized carbons (Fsp3) is 0.350. The molecule has 0 bridgehead atoms. The first-order valence-electron chi connectivity index (χ1n) is 9.38. The third-order valence-corrected chi connectivity index (χ3v) is 7.34. The van der Waals surface area contributed by atoms with E-state index in [1.165, 1.54) is 12.1 Å². The van der Waals surface area contributed by atoms with Crippen molar-refractivity contribution < 1.29 is 30.8 Å². The molecule has 168 valence electrons. The predicted octanol–water partition coefficient (Wildman–Crippen LogP) is 4.22. The SMILES string of the molecule is O=C(NCc1ccccc1F)C1CCN(S(=O)(=O)c2ccc(Cl)c(C(F)(F)F)c2)CC1. The van der Waals surface area contributed by atoms with Gasteiger partial charge >= 0.3 is 6.18 Å². The van der Waals surface area contributed by atoms with Crippen molar-refractivity contribution in [2.45, 2.75) is 30.5 Å². The van der Waals surface area contributed by atoms with Crippen molar-refractivity contribution in [1.29, 1.82) is 0 Å². The topological polar surface area (TPSA) is 66.5 Å². The summed E-state index contributed by atoms with van der Waals surface area (Å²) in [7, 11) is -4.18. The van der Waals surface area contributed by atoms with E-state index in [2.05, 4.69) is 5.32 Å². The third kappa shape index (κ3) is 5.36. The number of carbonyl (C=O) groups excluding carboxylic acids is 1. The maximum Gasteiger partial charge on any atom is 0.417 e. The average molecular weight is 479 g/mol. The van der Waals surface area contributed by atoms with E-state index >= 15 is 0 Å². The predicted molar refractivity (Wildman–Crippen MR) is 106 cm³/mol. The number of rotatable bonds is 5. The third-order valence-electron chi connectivity index (χ3n) is 5.12. The number of alkyl halides is 3. The lowest BCUT2D eigenvalue weighted by Crippen LogP contribution is -2.42. The highest BCUT2D eigenvalue weighted by Gasteiger charge is 2.37. The van der Waals surface area contributed by atoms with Crippen LogP contribution in [0.3, 0.4) is 0 Å². The number of benzene rings is 2. The molecular weight excluding hydrogens is 460 g/mol. The fourth-order valence-electron chi connectivity index (χ4n) is 3.36. The smallest absolute Gasteiger partial charge is 0.352 e. The lowest BCUT2D eigenvalue weighted by atomic mass is 9.97. The van der Waals surface area contributed by atoms with Gasteiger partial charge in [-0.15, -0.1) is 0 Å². The first-order valence-corrected chi connectivity index (χ1v) is 11.2. The molecule has 0 saturated carbocycles. The average Bonchev–Trinajstić information content (AvgIpc) is 2.72. The zero-order chi connectivity index (χ0) is 22.8. The standard InChI is InChI=1S/C20H19ClF4N2O3S/c21-17-6-5-15(11-16(17)20(23,24)25)31(29,30)27-9-7-13(8-10-27)19(28)26-12-14-3-1-2-4-18(14)22/h1-6,11,13H,7-10,12H2,(H,26,28). The van der Waals surface area contributed by atoms with Gasteiger partial charge in [-0.3, -0.25) is 4.79 Å². The Morgan fingerprint density at radius 3 is 2.39 bits per heavy atom. The van der Waals surface area contributed by atoms with Crippen LogP contribution in [-0.2, 0) is 27.5 Å². The van der Waals surface area contributed by atoms with Gasteiger partial charge in [0.25, 0.3) is 0 Å². The number of hydrogen-bond acceptors (Lipinski definition) is 3. The second-order valence-corrected chi connectivity index (χ2v) is 9.47. The van der Waals surface area contributed by atoms with Gasteiger partial charge in [0.15, 0.2) is 0 Å². The van der Waals surface area contributed by atoms with Crippen molar-refractivity contribution in [1.82, 2.24) is 9.62 Å². The number of nitrogens with zero attached hydrogens (tertiary/aromatic N) is 1. The van der Waals surface area contributed by atoms with Crippen molar-refractivity contribution in [3.63, 3.8) is 0 Å². The van der Waals surface area contributed by atoms with Crippen LogP contribution in [0.1, 0.15) is 24.0 Å². The molecule has 0 unspecified atom stereocenters. The molecule has 1 saturated heterocycles. The molecule has 0 radical (unpaired) electrons. The highest BCUT2D eigenvalue weighted by atomic mass is 35.5. The lowest BCUT2D eigenvalue weighted by molar-refractivity contribution is -0.137. The number of nitrogens with one attached hydrogen (secondary N) is 1. The zero-order valence-corrected chi connectivity index (χ0v) is 17.7. The van der Waals surface area contributed by atoms with Crippen molar-refractivity contribution in [3.8, 4) is 0 Å². The Labute approximate surface area is 182 Å². The van der Waals surface area contributed by atoms with E-state index in [1.54, 1.807) is 12.1 Å². The molecule has 1 amide bonds. The largest absolute Gasteiger partial charge is 0.417 e. The molecule has 3 rings (SSSR count). The molecule has 0 atom stereocenters. The summed E-state index contributed by atoms with van der Waals surface area (Å²) < 4.78 is 79.4. The summed E-state index contributed by atoms with van der Waals surface area (Å²) in [4.78, 5) is 11.9. The number of halogens is 5. The molecule has 1 N–H and O–H groups in total. The van der Waals surface area contributed by atoms with Crippen LogP contribution in [0.25, 0.3) is 0 Å². The van der Waals surface area contributed by atoms with Crippen LogP contribution >= 0.6 is 11.6 Å². The monoisotopic (exact) mass is 478 g/mol. The molecule has 1 aliphatic rings. The molecule has 2 aromatic rings. The van der Waals surface area contributed by atoms with Gasteiger partial charge < -0.3 is 5.32 Å². The molecule has 5 nitrogen and oxygen atoms in total. The van der Waals surface area contributed by atoms with Crippen LogP contribution in [0, 0.1) is 11.7 Å². The molecule has 0 spiro atoms. The highest BCUT2D eigenvalue weighted by Crippen LogP contribution is 2.36. The minimum Gasteiger partial charge on any atom is -0.352 e. The minimum atomic E-state index is -4.79. The zero-order valence-electron chi connectivity index (χ0n) is 16.1. The minimum absolute atomic E-state index is 0.00894. The normalized spacial score (nSPS) is 16.3. The summed E-state index contributed by atoms with van der Waals surface area (Å²) in [6, 6.07) is 8.47. The van der Waals surface area contributed by atoms with Gasteiger partial charge in [0.1, 0.15) is 5.82 Å². The second-order valence-electron chi connectivity index (χ2n) is 7.13. The van der Waals surface area contributed by atoms with Crippen LogP contribution in [0.15, 0.2) is 47.4 Å². The molecule has 0 aromatic heterocycles. The summed E-state index contributed by atoms with van der Waals surface area (Å²) in [5.41, 5.74) is -0.892. The van der Waals surface area contributed by atoms with Gasteiger partial charge in [-0.25, -0.2) is 12.8 Å². The molecule has 1 heterocycles. The number of hydrogen-bond donors (Lipinski definition) is 1. The van der Waals surface area contributed by atoms with Crippen molar-refractivity contribution in [3.05, 3.63) is 64.4 Å². The maximum atomic E-state index is 13.6. The Hall–Kier alpha value is -2.17. The summed E-state index contributed by atoms with van der Waals surface area (Å²) in [6.45, 7) is -0.0385. The number of piperidine rings is 1. The number of amides is 1. The van der Waals surface area contributed by atoms with E-state index in [-0.39, 0.29) is 38.4 Å². The molecule has 1 fully saturated rings. The van der Waals surface area contributed by atoms with Gasteiger partial charge in [0.05, 0.1) is 15.5 Å². The quantitative estimate of drug-likeness (QED) is 0.654. The van der Waals surface area contributed by atoms with Crippen LogP contribution < -0.4 is 5.32 Å². The van der Waals surface area contributed by atoms with Crippen LogP contribution in [-0.4, -0.2) is 31.7 Å². The summed E-state index contributed by atoms with van der Waals surface area (Å²) in [5.74, 6) is -1.25. The van der Waals surface area contributed by atoms with Gasteiger partial charge in [-0.05, 0) is 37.1 Å². The summed E-state index contributed by atoms with van der Waals surface area (Å²) in [5, 5.41) is 2.05. The van der Waals surface area contributed by atoms with Crippen molar-refractivity contribution >= 4 is 27.5 Å². The van der Waals surface area contributed by atoms with E-state index in [0.717, 1.165) is 16.4 Å².